The number of rotatable bonds is 6. The molecule has 0 bridgehead atoms. The fraction of sp³-hybridized carbons (Fsp3) is 0.120. The smallest absolute Gasteiger partial charge is 0.295 e. The summed E-state index contributed by atoms with van der Waals surface area (Å²) in [7, 11) is 1.54. The fourth-order valence-corrected chi connectivity index (χ4v) is 3.91. The molecule has 166 valence electrons. The molecule has 1 N–H and O–H groups in total. The first-order chi connectivity index (χ1) is 15.9. The van der Waals surface area contributed by atoms with E-state index in [2.05, 4.69) is 0 Å². The van der Waals surface area contributed by atoms with Crippen molar-refractivity contribution in [2.45, 2.75) is 12.6 Å². The van der Waals surface area contributed by atoms with Gasteiger partial charge in [0.25, 0.3) is 17.4 Å². The highest BCUT2D eigenvalue weighted by Gasteiger charge is 2.46. The number of carbonyl (C=O) groups is 2. The number of ether oxygens (including phenoxy) is 1. The van der Waals surface area contributed by atoms with Crippen LogP contribution in [0.3, 0.4) is 0 Å². The van der Waals surface area contributed by atoms with Crippen LogP contribution in [0.1, 0.15) is 22.7 Å². The van der Waals surface area contributed by atoms with E-state index in [9.17, 15) is 24.8 Å². The van der Waals surface area contributed by atoms with Gasteiger partial charge >= 0.3 is 0 Å². The molecule has 8 nitrogen and oxygen atoms in total. The summed E-state index contributed by atoms with van der Waals surface area (Å²) >= 11 is 0. The number of carbonyl (C=O) groups excluding carboxylic acids is 2. The number of nitro groups is 1. The van der Waals surface area contributed by atoms with Gasteiger partial charge < -0.3 is 14.7 Å². The molecule has 0 aliphatic carbocycles. The predicted molar refractivity (Wildman–Crippen MR) is 120 cm³/mol. The molecule has 1 unspecified atom stereocenters. The van der Waals surface area contributed by atoms with E-state index in [-0.39, 0.29) is 23.4 Å². The van der Waals surface area contributed by atoms with Crippen LogP contribution in [0, 0.1) is 10.1 Å². The Morgan fingerprint density at radius 2 is 1.76 bits per heavy atom. The second-order valence-corrected chi connectivity index (χ2v) is 7.50. The maximum atomic E-state index is 13.1. The normalized spacial score (nSPS) is 17.2. The van der Waals surface area contributed by atoms with Crippen molar-refractivity contribution in [2.75, 3.05) is 7.11 Å². The van der Waals surface area contributed by atoms with Gasteiger partial charge in [-0.3, -0.25) is 19.7 Å². The quantitative estimate of drug-likeness (QED) is 0.200. The van der Waals surface area contributed by atoms with Gasteiger partial charge in [0.05, 0.1) is 23.6 Å². The Morgan fingerprint density at radius 1 is 1.03 bits per heavy atom. The number of Topliss-reactive ketones (excluding diaryl/α,β-unsaturated/α-hetero) is 1. The number of non-ortho nitro benzene ring substituents is 1. The third-order valence-corrected chi connectivity index (χ3v) is 5.47. The van der Waals surface area contributed by atoms with Crippen LogP contribution in [0.4, 0.5) is 5.69 Å². The lowest BCUT2D eigenvalue weighted by molar-refractivity contribution is -0.384. The van der Waals surface area contributed by atoms with Crippen LogP contribution in [0.25, 0.3) is 5.76 Å². The highest BCUT2D eigenvalue weighted by atomic mass is 16.6. The zero-order valence-electron chi connectivity index (χ0n) is 17.7. The molecule has 1 heterocycles. The molecule has 4 rings (SSSR count). The molecule has 1 fully saturated rings. The molecule has 1 saturated heterocycles. The number of likely N-dealkylation sites (tertiary alicyclic amines) is 1. The highest BCUT2D eigenvalue weighted by Crippen LogP contribution is 2.40. The van der Waals surface area contributed by atoms with Gasteiger partial charge in [-0.2, -0.15) is 0 Å². The largest absolute Gasteiger partial charge is 0.507 e. The Hall–Kier alpha value is -4.46. The average Bonchev–Trinajstić information content (AvgIpc) is 3.09. The molecule has 33 heavy (non-hydrogen) atoms. The maximum Gasteiger partial charge on any atom is 0.295 e. The van der Waals surface area contributed by atoms with Gasteiger partial charge in [0.15, 0.2) is 0 Å². The summed E-state index contributed by atoms with van der Waals surface area (Å²) in [6.45, 7) is 0.104. The minimum absolute atomic E-state index is 0.0875. The van der Waals surface area contributed by atoms with E-state index in [1.807, 2.05) is 6.07 Å². The lowest BCUT2D eigenvalue weighted by atomic mass is 9.95. The number of aliphatic hydroxyl groups excluding tert-OH is 1. The molecule has 8 heteroatoms. The monoisotopic (exact) mass is 444 g/mol. The number of ketones is 1. The van der Waals surface area contributed by atoms with Gasteiger partial charge in [0, 0.05) is 24.2 Å². The number of methoxy groups -OCH3 is 1. The second-order valence-electron chi connectivity index (χ2n) is 7.50. The molecule has 1 atom stereocenters. The van der Waals surface area contributed by atoms with E-state index in [0.717, 1.165) is 5.56 Å². The van der Waals surface area contributed by atoms with Crippen molar-refractivity contribution in [1.29, 1.82) is 0 Å². The van der Waals surface area contributed by atoms with Gasteiger partial charge in [0.2, 0.25) is 0 Å². The predicted octanol–water partition coefficient (Wildman–Crippen LogP) is 4.23. The first kappa shape index (κ1) is 21.8. The van der Waals surface area contributed by atoms with E-state index in [4.69, 9.17) is 4.74 Å². The zero-order valence-corrected chi connectivity index (χ0v) is 17.7. The number of amides is 1. The Kier molecular flexibility index (Phi) is 5.91. The number of nitrogens with zero attached hydrogens (tertiary/aromatic N) is 2. The van der Waals surface area contributed by atoms with E-state index in [0.29, 0.717) is 11.3 Å². The van der Waals surface area contributed by atoms with Gasteiger partial charge in [-0.15, -0.1) is 0 Å². The highest BCUT2D eigenvalue weighted by molar-refractivity contribution is 6.46. The van der Waals surface area contributed by atoms with Gasteiger partial charge in [-0.05, 0) is 23.3 Å². The van der Waals surface area contributed by atoms with Crippen molar-refractivity contribution < 1.29 is 24.4 Å². The van der Waals surface area contributed by atoms with Crippen molar-refractivity contribution in [3.05, 3.63) is 111 Å². The zero-order chi connectivity index (χ0) is 23.5. The standard InChI is InChI=1S/C25H20N2O6/c1-33-20-12-5-7-16(13-20)15-26-22(17-8-3-2-4-9-17)21(24(29)25(26)30)23(28)18-10-6-11-19(14-18)27(31)32/h2-14,22,28H,15H2,1H3/b23-21-. The molecule has 1 aliphatic rings. The number of nitro benzene ring substituents is 1. The molecule has 0 radical (unpaired) electrons. The van der Waals surface area contributed by atoms with Gasteiger partial charge in [0.1, 0.15) is 11.5 Å². The lowest BCUT2D eigenvalue weighted by Gasteiger charge is -2.25. The van der Waals surface area contributed by atoms with Gasteiger partial charge in [-0.25, -0.2) is 0 Å². The minimum Gasteiger partial charge on any atom is -0.507 e. The molecule has 1 aliphatic heterocycles. The second kappa shape index (κ2) is 8.96. The summed E-state index contributed by atoms with van der Waals surface area (Å²) in [5.74, 6) is -1.47. The van der Waals surface area contributed by atoms with E-state index < -0.39 is 28.4 Å². The summed E-state index contributed by atoms with van der Waals surface area (Å²) in [6.07, 6.45) is 0. The number of hydrogen-bond acceptors (Lipinski definition) is 6. The van der Waals surface area contributed by atoms with Crippen LogP contribution in [0.2, 0.25) is 0 Å². The number of hydrogen-bond donors (Lipinski definition) is 1. The molecule has 3 aromatic rings. The van der Waals surface area contributed by atoms with Gasteiger partial charge in [-0.1, -0.05) is 54.6 Å². The Balaban J connectivity index is 1.85. The minimum atomic E-state index is -0.864. The summed E-state index contributed by atoms with van der Waals surface area (Å²) < 4.78 is 5.25. The first-order valence-electron chi connectivity index (χ1n) is 10.1. The molecule has 1 amide bonds. The third-order valence-electron chi connectivity index (χ3n) is 5.47. The van der Waals surface area contributed by atoms with Crippen molar-refractivity contribution >= 4 is 23.1 Å². The van der Waals surface area contributed by atoms with Crippen molar-refractivity contribution in [3.8, 4) is 5.75 Å². The maximum absolute atomic E-state index is 13.1. The number of benzene rings is 3. The Morgan fingerprint density at radius 3 is 2.45 bits per heavy atom. The van der Waals surface area contributed by atoms with Crippen molar-refractivity contribution in [2.24, 2.45) is 0 Å². The average molecular weight is 444 g/mol. The SMILES string of the molecule is COc1cccc(CN2C(=O)C(=O)/C(=C(\O)c3cccc([N+](=O)[O-])c3)C2c2ccccc2)c1. The topological polar surface area (TPSA) is 110 Å². The van der Waals surface area contributed by atoms with Crippen molar-refractivity contribution in [3.63, 3.8) is 0 Å². The van der Waals surface area contributed by atoms with Crippen LogP contribution >= 0.6 is 0 Å². The first-order valence-corrected chi connectivity index (χ1v) is 10.1. The molecule has 0 spiro atoms. The number of aliphatic hydroxyl groups is 1. The van der Waals surface area contributed by atoms with Crippen LogP contribution in [0.15, 0.2) is 84.4 Å². The van der Waals surface area contributed by atoms with Crippen LogP contribution in [-0.4, -0.2) is 33.7 Å². The van der Waals surface area contributed by atoms with Crippen LogP contribution < -0.4 is 4.74 Å². The fourth-order valence-electron chi connectivity index (χ4n) is 3.91. The van der Waals surface area contributed by atoms with Crippen LogP contribution in [-0.2, 0) is 16.1 Å². The summed E-state index contributed by atoms with van der Waals surface area (Å²) in [6, 6.07) is 20.5. The Labute approximate surface area is 189 Å². The van der Waals surface area contributed by atoms with E-state index in [1.54, 1.807) is 48.5 Å². The lowest BCUT2D eigenvalue weighted by Crippen LogP contribution is -2.29. The Bertz CT molecular complexity index is 1270. The van der Waals surface area contributed by atoms with Crippen LogP contribution in [0.5, 0.6) is 5.75 Å². The van der Waals surface area contributed by atoms with Crippen molar-refractivity contribution in [1.82, 2.24) is 4.90 Å². The molecular formula is C25H20N2O6. The third kappa shape index (κ3) is 4.18. The summed E-state index contributed by atoms with van der Waals surface area (Å²) in [4.78, 5) is 38.1. The molecule has 0 aromatic heterocycles. The summed E-state index contributed by atoms with van der Waals surface area (Å²) in [5, 5.41) is 22.2. The molecule has 3 aromatic carbocycles. The summed E-state index contributed by atoms with van der Waals surface area (Å²) in [5.41, 5.74) is 1.11. The molecular weight excluding hydrogens is 424 g/mol. The van der Waals surface area contributed by atoms with E-state index in [1.165, 1.54) is 36.3 Å². The van der Waals surface area contributed by atoms with E-state index >= 15 is 0 Å². The molecule has 0 saturated carbocycles.